The second kappa shape index (κ2) is 21.4. The van der Waals surface area contributed by atoms with Gasteiger partial charge in [-0.05, 0) is 12.8 Å². The Morgan fingerprint density at radius 3 is 1.57 bits per heavy atom. The smallest absolute Gasteiger partial charge is 0.306 e. The molecule has 5 heteroatoms. The van der Waals surface area contributed by atoms with E-state index in [0.717, 1.165) is 25.7 Å². The quantitative estimate of drug-likeness (QED) is 0.0755. The molecule has 0 bridgehead atoms. The fourth-order valence-electron chi connectivity index (χ4n) is 3.07. The molecule has 0 aliphatic rings. The standard InChI is InChI=1S/C23H43IO4/c1-3-5-7-9-11-13-15-17-22(25)27-20-21(19-24)28-23(26)18-16-14-12-10-8-6-4-2/h21H,3-20H2,1-2H3. The lowest BCUT2D eigenvalue weighted by Crippen LogP contribution is -2.26. The van der Waals surface area contributed by atoms with Crippen LogP contribution in [0.4, 0.5) is 0 Å². The first-order chi connectivity index (χ1) is 13.6. The summed E-state index contributed by atoms with van der Waals surface area (Å²) < 4.78 is 11.4. The topological polar surface area (TPSA) is 52.6 Å². The van der Waals surface area contributed by atoms with Crippen molar-refractivity contribution in [3.63, 3.8) is 0 Å². The summed E-state index contributed by atoms with van der Waals surface area (Å²) in [6.07, 6.45) is 17.2. The monoisotopic (exact) mass is 510 g/mol. The lowest BCUT2D eigenvalue weighted by atomic mass is 10.1. The summed E-state index contributed by atoms with van der Waals surface area (Å²) in [5.74, 6) is -0.343. The van der Waals surface area contributed by atoms with Crippen molar-refractivity contribution in [3.05, 3.63) is 0 Å². The number of unbranched alkanes of at least 4 members (excludes halogenated alkanes) is 12. The Hall–Kier alpha value is -0.330. The van der Waals surface area contributed by atoms with Crippen LogP contribution in [0.2, 0.25) is 0 Å². The lowest BCUT2D eigenvalue weighted by Gasteiger charge is -2.15. The average molecular weight is 510 g/mol. The molecule has 1 atom stereocenters. The van der Waals surface area contributed by atoms with Crippen molar-refractivity contribution >= 4 is 34.5 Å². The van der Waals surface area contributed by atoms with Crippen molar-refractivity contribution in [3.8, 4) is 0 Å². The number of esters is 2. The van der Waals surface area contributed by atoms with Crippen molar-refractivity contribution in [2.45, 2.75) is 123 Å². The summed E-state index contributed by atoms with van der Waals surface area (Å²) in [6.45, 7) is 4.61. The van der Waals surface area contributed by atoms with Gasteiger partial charge in [-0.2, -0.15) is 0 Å². The van der Waals surface area contributed by atoms with E-state index in [1.54, 1.807) is 0 Å². The first kappa shape index (κ1) is 27.7. The van der Waals surface area contributed by atoms with Crippen molar-refractivity contribution < 1.29 is 19.1 Å². The molecule has 0 heterocycles. The minimum absolute atomic E-state index is 0.168. The summed E-state index contributed by atoms with van der Waals surface area (Å²) in [7, 11) is 0. The second-order valence-electron chi connectivity index (χ2n) is 7.69. The molecule has 0 radical (unpaired) electrons. The number of alkyl halides is 1. The molecule has 0 spiro atoms. The number of hydrogen-bond acceptors (Lipinski definition) is 4. The molecular formula is C23H43IO4. The fraction of sp³-hybridized carbons (Fsp3) is 0.913. The minimum Gasteiger partial charge on any atom is -0.462 e. The molecule has 0 fully saturated rings. The summed E-state index contributed by atoms with van der Waals surface area (Å²) in [5.41, 5.74) is 0. The van der Waals surface area contributed by atoms with Gasteiger partial charge in [-0.25, -0.2) is 0 Å². The van der Waals surface area contributed by atoms with Gasteiger partial charge in [-0.3, -0.25) is 9.59 Å². The Balaban J connectivity index is 3.67. The van der Waals surface area contributed by atoms with Crippen molar-refractivity contribution in [1.29, 1.82) is 0 Å². The Morgan fingerprint density at radius 1 is 0.679 bits per heavy atom. The first-order valence-corrected chi connectivity index (χ1v) is 13.1. The Kier molecular flexibility index (Phi) is 21.1. The van der Waals surface area contributed by atoms with Crippen LogP contribution < -0.4 is 0 Å². The molecule has 0 rings (SSSR count). The highest BCUT2D eigenvalue weighted by Crippen LogP contribution is 2.11. The number of rotatable bonds is 20. The summed E-state index contributed by atoms with van der Waals surface area (Å²) in [6, 6.07) is 0. The van der Waals surface area contributed by atoms with E-state index in [1.807, 2.05) is 0 Å². The number of hydrogen-bond donors (Lipinski definition) is 0. The zero-order chi connectivity index (χ0) is 20.9. The van der Waals surface area contributed by atoms with Crippen LogP contribution in [0.5, 0.6) is 0 Å². The summed E-state index contributed by atoms with van der Waals surface area (Å²) in [4.78, 5) is 23.8. The zero-order valence-corrected chi connectivity index (χ0v) is 20.5. The van der Waals surface area contributed by atoms with E-state index in [4.69, 9.17) is 9.47 Å². The van der Waals surface area contributed by atoms with Gasteiger partial charge in [0.15, 0.2) is 0 Å². The number of carbonyl (C=O) groups excluding carboxylic acids is 2. The molecular weight excluding hydrogens is 467 g/mol. The predicted octanol–water partition coefficient (Wildman–Crippen LogP) is 7.16. The van der Waals surface area contributed by atoms with E-state index in [0.29, 0.717) is 17.3 Å². The van der Waals surface area contributed by atoms with Gasteiger partial charge in [-0.1, -0.05) is 113 Å². The maximum atomic E-state index is 11.9. The summed E-state index contributed by atoms with van der Waals surface area (Å²) in [5, 5.41) is 0. The number of halogens is 1. The molecule has 0 saturated carbocycles. The fourth-order valence-corrected chi connectivity index (χ4v) is 3.50. The summed E-state index contributed by atoms with van der Waals surface area (Å²) >= 11 is 2.18. The normalized spacial score (nSPS) is 12.0. The van der Waals surface area contributed by atoms with Crippen molar-refractivity contribution in [1.82, 2.24) is 0 Å². The van der Waals surface area contributed by atoms with Crippen LogP contribution in [0.3, 0.4) is 0 Å². The maximum absolute atomic E-state index is 11.9. The zero-order valence-electron chi connectivity index (χ0n) is 18.3. The van der Waals surface area contributed by atoms with Gasteiger partial charge in [0.05, 0.1) is 0 Å². The Labute approximate surface area is 187 Å². The molecule has 0 aromatic carbocycles. The van der Waals surface area contributed by atoms with Gasteiger partial charge in [0.1, 0.15) is 12.7 Å². The van der Waals surface area contributed by atoms with Crippen LogP contribution in [0.25, 0.3) is 0 Å². The molecule has 166 valence electrons. The Bertz CT molecular complexity index is 374. The molecule has 0 amide bonds. The molecule has 28 heavy (non-hydrogen) atoms. The SMILES string of the molecule is CCCCCCCCCC(=O)OCC(CI)OC(=O)CCCCCCCCC. The largest absolute Gasteiger partial charge is 0.462 e. The van der Waals surface area contributed by atoms with E-state index < -0.39 is 0 Å². The van der Waals surface area contributed by atoms with Gasteiger partial charge < -0.3 is 9.47 Å². The van der Waals surface area contributed by atoms with Crippen LogP contribution >= 0.6 is 22.6 Å². The van der Waals surface area contributed by atoms with Crippen LogP contribution in [0.1, 0.15) is 117 Å². The van der Waals surface area contributed by atoms with Crippen molar-refractivity contribution in [2.24, 2.45) is 0 Å². The van der Waals surface area contributed by atoms with Crippen LogP contribution in [0.15, 0.2) is 0 Å². The van der Waals surface area contributed by atoms with E-state index in [-0.39, 0.29) is 24.6 Å². The van der Waals surface area contributed by atoms with Gasteiger partial charge >= 0.3 is 11.9 Å². The van der Waals surface area contributed by atoms with E-state index >= 15 is 0 Å². The molecule has 4 nitrogen and oxygen atoms in total. The lowest BCUT2D eigenvalue weighted by molar-refractivity contribution is -0.157. The van der Waals surface area contributed by atoms with Gasteiger partial charge in [0, 0.05) is 17.3 Å². The van der Waals surface area contributed by atoms with E-state index in [9.17, 15) is 9.59 Å². The molecule has 0 N–H and O–H groups in total. The number of carbonyl (C=O) groups is 2. The molecule has 0 saturated heterocycles. The highest BCUT2D eigenvalue weighted by atomic mass is 127. The predicted molar refractivity (Wildman–Crippen MR) is 125 cm³/mol. The molecule has 0 aromatic heterocycles. The third-order valence-corrected chi connectivity index (χ3v) is 5.85. The highest BCUT2D eigenvalue weighted by molar-refractivity contribution is 14.1. The van der Waals surface area contributed by atoms with E-state index in [1.165, 1.54) is 64.2 Å². The number of ether oxygens (including phenoxy) is 2. The van der Waals surface area contributed by atoms with Crippen LogP contribution in [0, 0.1) is 0 Å². The highest BCUT2D eigenvalue weighted by Gasteiger charge is 2.15. The average Bonchev–Trinajstić information content (AvgIpc) is 2.69. The molecule has 0 aliphatic carbocycles. The van der Waals surface area contributed by atoms with Crippen LogP contribution in [-0.4, -0.2) is 29.1 Å². The second-order valence-corrected chi connectivity index (χ2v) is 8.57. The molecule has 0 aromatic rings. The minimum atomic E-state index is -0.323. The van der Waals surface area contributed by atoms with Gasteiger partial charge in [-0.15, -0.1) is 0 Å². The van der Waals surface area contributed by atoms with Crippen molar-refractivity contribution in [2.75, 3.05) is 11.0 Å². The molecule has 0 aliphatic heterocycles. The third kappa shape index (κ3) is 19.0. The van der Waals surface area contributed by atoms with Gasteiger partial charge in [0.2, 0.25) is 0 Å². The van der Waals surface area contributed by atoms with Crippen LogP contribution in [-0.2, 0) is 19.1 Å². The molecule has 1 unspecified atom stereocenters. The van der Waals surface area contributed by atoms with Gasteiger partial charge in [0.25, 0.3) is 0 Å². The first-order valence-electron chi connectivity index (χ1n) is 11.5. The van der Waals surface area contributed by atoms with E-state index in [2.05, 4.69) is 36.4 Å². The third-order valence-electron chi connectivity index (χ3n) is 4.87. The maximum Gasteiger partial charge on any atom is 0.306 e. The Morgan fingerprint density at radius 2 is 1.11 bits per heavy atom.